The molecule has 0 saturated carbocycles. The maximum absolute atomic E-state index is 12.2. The number of nitro benzene ring substituents is 1. The first-order valence-electron chi connectivity index (χ1n) is 7.03. The SMILES string of the molecule is CCC(O)CCNC(=O)c1ccc([N+](=O)[O-])c2cccnc12. The highest BCUT2D eigenvalue weighted by molar-refractivity contribution is 6.07. The van der Waals surface area contributed by atoms with Gasteiger partial charge in [0.15, 0.2) is 0 Å². The number of carbonyl (C=O) groups excluding carboxylic acids is 1. The molecule has 2 aromatic rings. The van der Waals surface area contributed by atoms with Gasteiger partial charge in [-0.2, -0.15) is 0 Å². The number of nitrogens with one attached hydrogen (secondary N) is 1. The van der Waals surface area contributed by atoms with E-state index in [-0.39, 0.29) is 17.2 Å². The van der Waals surface area contributed by atoms with Gasteiger partial charge in [0.25, 0.3) is 11.6 Å². The Hall–Kier alpha value is -2.54. The molecule has 7 heteroatoms. The number of amides is 1. The van der Waals surface area contributed by atoms with Gasteiger partial charge in [-0.3, -0.25) is 19.9 Å². The maximum Gasteiger partial charge on any atom is 0.278 e. The van der Waals surface area contributed by atoms with Crippen molar-refractivity contribution in [3.05, 3.63) is 46.1 Å². The predicted molar refractivity (Wildman–Crippen MR) is 81.6 cm³/mol. The summed E-state index contributed by atoms with van der Waals surface area (Å²) in [6.45, 7) is 2.19. The normalized spacial score (nSPS) is 12.1. The first-order chi connectivity index (χ1) is 10.5. The molecule has 1 aromatic heterocycles. The fourth-order valence-corrected chi connectivity index (χ4v) is 2.15. The molecule has 2 N–H and O–H groups in total. The average Bonchev–Trinajstić information content (AvgIpc) is 2.53. The number of fused-ring (bicyclic) bond motifs is 1. The van der Waals surface area contributed by atoms with Gasteiger partial charge in [0.1, 0.15) is 0 Å². The Morgan fingerprint density at radius 1 is 1.45 bits per heavy atom. The molecular formula is C15H17N3O4. The number of nitro groups is 1. The second kappa shape index (κ2) is 6.95. The molecule has 0 aliphatic carbocycles. The van der Waals surface area contributed by atoms with Crippen molar-refractivity contribution in [1.29, 1.82) is 0 Å². The minimum absolute atomic E-state index is 0.0824. The Balaban J connectivity index is 2.26. The molecular weight excluding hydrogens is 286 g/mol. The highest BCUT2D eigenvalue weighted by atomic mass is 16.6. The van der Waals surface area contributed by atoms with Crippen molar-refractivity contribution in [2.24, 2.45) is 0 Å². The summed E-state index contributed by atoms with van der Waals surface area (Å²) in [6, 6.07) is 5.87. The van der Waals surface area contributed by atoms with Crippen LogP contribution in [0.1, 0.15) is 30.1 Å². The molecule has 1 heterocycles. The van der Waals surface area contributed by atoms with Crippen LogP contribution in [0.3, 0.4) is 0 Å². The van der Waals surface area contributed by atoms with Crippen LogP contribution in [0.4, 0.5) is 5.69 Å². The second-order valence-corrected chi connectivity index (χ2v) is 4.90. The van der Waals surface area contributed by atoms with Crippen LogP contribution in [-0.2, 0) is 0 Å². The van der Waals surface area contributed by atoms with Crippen LogP contribution in [-0.4, -0.2) is 33.6 Å². The van der Waals surface area contributed by atoms with Crippen molar-refractivity contribution < 1.29 is 14.8 Å². The van der Waals surface area contributed by atoms with Crippen molar-refractivity contribution in [3.63, 3.8) is 0 Å². The lowest BCUT2D eigenvalue weighted by Gasteiger charge is -2.10. The van der Waals surface area contributed by atoms with E-state index in [1.165, 1.54) is 18.3 Å². The first-order valence-corrected chi connectivity index (χ1v) is 7.03. The zero-order valence-corrected chi connectivity index (χ0v) is 12.2. The molecule has 1 unspecified atom stereocenters. The monoisotopic (exact) mass is 303 g/mol. The van der Waals surface area contributed by atoms with Crippen LogP contribution >= 0.6 is 0 Å². The fourth-order valence-electron chi connectivity index (χ4n) is 2.15. The minimum atomic E-state index is -0.497. The highest BCUT2D eigenvalue weighted by Crippen LogP contribution is 2.26. The van der Waals surface area contributed by atoms with E-state index in [1.807, 2.05) is 6.92 Å². The van der Waals surface area contributed by atoms with Crippen molar-refractivity contribution in [1.82, 2.24) is 10.3 Å². The van der Waals surface area contributed by atoms with E-state index in [9.17, 15) is 20.0 Å². The lowest BCUT2D eigenvalue weighted by molar-refractivity contribution is -0.383. The molecule has 1 aromatic carbocycles. The van der Waals surface area contributed by atoms with E-state index in [0.29, 0.717) is 30.3 Å². The summed E-state index contributed by atoms with van der Waals surface area (Å²) < 4.78 is 0. The molecule has 0 aliphatic heterocycles. The Morgan fingerprint density at radius 2 is 2.23 bits per heavy atom. The van der Waals surface area contributed by atoms with Crippen molar-refractivity contribution >= 4 is 22.5 Å². The number of aliphatic hydroxyl groups is 1. The van der Waals surface area contributed by atoms with Gasteiger partial charge in [-0.25, -0.2) is 0 Å². The van der Waals surface area contributed by atoms with E-state index in [4.69, 9.17) is 0 Å². The van der Waals surface area contributed by atoms with Crippen LogP contribution in [0, 0.1) is 10.1 Å². The smallest absolute Gasteiger partial charge is 0.278 e. The summed E-state index contributed by atoms with van der Waals surface area (Å²) in [6.07, 6.45) is 2.12. The average molecular weight is 303 g/mol. The number of hydrogen-bond acceptors (Lipinski definition) is 5. The Labute approximate surface area is 127 Å². The third kappa shape index (κ3) is 3.37. The molecule has 0 fully saturated rings. The van der Waals surface area contributed by atoms with E-state index in [1.54, 1.807) is 12.1 Å². The number of aromatic nitrogens is 1. The molecule has 0 aliphatic rings. The quantitative estimate of drug-likeness (QED) is 0.627. The Bertz CT molecular complexity index is 702. The maximum atomic E-state index is 12.2. The zero-order valence-electron chi connectivity index (χ0n) is 12.2. The van der Waals surface area contributed by atoms with Crippen LogP contribution in [0.25, 0.3) is 10.9 Å². The number of hydrogen-bond donors (Lipinski definition) is 2. The number of aliphatic hydroxyl groups excluding tert-OH is 1. The van der Waals surface area contributed by atoms with Gasteiger partial charge < -0.3 is 10.4 Å². The van der Waals surface area contributed by atoms with Gasteiger partial charge in [-0.05, 0) is 31.0 Å². The summed E-state index contributed by atoms with van der Waals surface area (Å²) in [5.74, 6) is -0.359. The second-order valence-electron chi connectivity index (χ2n) is 4.90. The van der Waals surface area contributed by atoms with Crippen LogP contribution < -0.4 is 5.32 Å². The van der Waals surface area contributed by atoms with Gasteiger partial charge in [0.2, 0.25) is 0 Å². The highest BCUT2D eigenvalue weighted by Gasteiger charge is 2.18. The van der Waals surface area contributed by atoms with E-state index >= 15 is 0 Å². The van der Waals surface area contributed by atoms with Crippen molar-refractivity contribution in [3.8, 4) is 0 Å². The number of non-ortho nitro benzene ring substituents is 1. The third-order valence-electron chi connectivity index (χ3n) is 3.42. The molecule has 22 heavy (non-hydrogen) atoms. The first kappa shape index (κ1) is 15.8. The van der Waals surface area contributed by atoms with Crippen molar-refractivity contribution in [2.45, 2.75) is 25.9 Å². The summed E-state index contributed by atoms with van der Waals surface area (Å²) >= 11 is 0. The molecule has 1 amide bonds. The number of nitrogens with zero attached hydrogens (tertiary/aromatic N) is 2. The van der Waals surface area contributed by atoms with Gasteiger partial charge in [-0.1, -0.05) is 6.92 Å². The molecule has 7 nitrogen and oxygen atoms in total. The number of benzene rings is 1. The largest absolute Gasteiger partial charge is 0.393 e. The molecule has 0 bridgehead atoms. The lowest BCUT2D eigenvalue weighted by atomic mass is 10.1. The molecule has 116 valence electrons. The third-order valence-corrected chi connectivity index (χ3v) is 3.42. The molecule has 0 radical (unpaired) electrons. The van der Waals surface area contributed by atoms with E-state index in [2.05, 4.69) is 10.3 Å². The molecule has 1 atom stereocenters. The lowest BCUT2D eigenvalue weighted by Crippen LogP contribution is -2.27. The fraction of sp³-hybridized carbons (Fsp3) is 0.333. The zero-order chi connectivity index (χ0) is 16.1. The van der Waals surface area contributed by atoms with Gasteiger partial charge in [0.05, 0.1) is 27.5 Å². The Kier molecular flexibility index (Phi) is 5.00. The minimum Gasteiger partial charge on any atom is -0.393 e. The molecule has 0 spiro atoms. The van der Waals surface area contributed by atoms with Crippen LogP contribution in [0.2, 0.25) is 0 Å². The summed E-state index contributed by atoms with van der Waals surface area (Å²) in [4.78, 5) is 26.8. The molecule has 0 saturated heterocycles. The van der Waals surface area contributed by atoms with E-state index in [0.717, 1.165) is 0 Å². The summed E-state index contributed by atoms with van der Waals surface area (Å²) in [5, 5.41) is 23.5. The predicted octanol–water partition coefficient (Wildman–Crippen LogP) is 2.03. The summed E-state index contributed by atoms with van der Waals surface area (Å²) in [5.41, 5.74) is 0.499. The van der Waals surface area contributed by atoms with Gasteiger partial charge in [0, 0.05) is 18.8 Å². The van der Waals surface area contributed by atoms with Gasteiger partial charge >= 0.3 is 0 Å². The molecule has 2 rings (SSSR count). The number of pyridine rings is 1. The van der Waals surface area contributed by atoms with Gasteiger partial charge in [-0.15, -0.1) is 0 Å². The van der Waals surface area contributed by atoms with Crippen LogP contribution in [0.5, 0.6) is 0 Å². The van der Waals surface area contributed by atoms with Crippen LogP contribution in [0.15, 0.2) is 30.5 Å². The number of carbonyl (C=O) groups is 1. The number of rotatable bonds is 6. The van der Waals surface area contributed by atoms with E-state index < -0.39 is 11.0 Å². The van der Waals surface area contributed by atoms with Crippen molar-refractivity contribution in [2.75, 3.05) is 6.54 Å². The standard InChI is InChI=1S/C15H17N3O4/c1-2-10(19)7-9-17-15(20)12-5-6-13(18(21)22)11-4-3-8-16-14(11)12/h3-6,8,10,19H,2,7,9H2,1H3,(H,17,20). The topological polar surface area (TPSA) is 105 Å². The summed E-state index contributed by atoms with van der Waals surface area (Å²) in [7, 11) is 0. The Morgan fingerprint density at radius 3 is 2.91 bits per heavy atom.